The van der Waals surface area contributed by atoms with Gasteiger partial charge in [0.15, 0.2) is 11.6 Å². The van der Waals surface area contributed by atoms with Gasteiger partial charge in [0.2, 0.25) is 0 Å². The van der Waals surface area contributed by atoms with E-state index >= 15 is 0 Å². The standard InChI is InChI=1S/C52H34N4O4S2/c53-25-29(26-54)45-33-11-3-5-13-35(33)47(57)39(45)19-31-21-41-49(61-31)37-24-44-38(23-43(37)59-51(41)15-7-1-8-16-51)50-42(52(60-44)17-9-2-10-18-52)22-32(62-50)20-40-46(30(27-55)28-56)34-12-4-6-14-36(34)48(40)58/h3-6,11-14,19-24H,1-2,7-10,15-18H2/b39-19-,40-20-. The largest absolute Gasteiger partial charge is 0.482 e. The Kier molecular flexibility index (Phi) is 8.71. The maximum atomic E-state index is 13.9. The van der Waals surface area contributed by atoms with Crippen LogP contribution in [0.15, 0.2) is 95.1 Å². The van der Waals surface area contributed by atoms with Crippen molar-refractivity contribution in [1.29, 1.82) is 21.0 Å². The third-order valence-corrected chi connectivity index (χ3v) is 15.6. The van der Waals surface area contributed by atoms with Gasteiger partial charge in [-0.1, -0.05) is 61.4 Å². The van der Waals surface area contributed by atoms with Crippen LogP contribution in [0.1, 0.15) is 117 Å². The van der Waals surface area contributed by atoms with Crippen molar-refractivity contribution < 1.29 is 19.1 Å². The molecule has 0 radical (unpaired) electrons. The monoisotopic (exact) mass is 842 g/mol. The van der Waals surface area contributed by atoms with Gasteiger partial charge in [-0.15, -0.1) is 22.7 Å². The first-order valence-corrected chi connectivity index (χ1v) is 22.6. The summed E-state index contributed by atoms with van der Waals surface area (Å²) in [5.41, 5.74) is 6.29. The van der Waals surface area contributed by atoms with E-state index in [1.807, 2.05) is 48.6 Å². The van der Waals surface area contributed by atoms with Crippen LogP contribution in [0.3, 0.4) is 0 Å². The van der Waals surface area contributed by atoms with Crippen molar-refractivity contribution in [1.82, 2.24) is 0 Å². The second kappa shape index (κ2) is 14.3. The molecule has 4 aliphatic carbocycles. The molecule has 298 valence electrons. The van der Waals surface area contributed by atoms with E-state index in [0.717, 1.165) is 117 Å². The van der Waals surface area contributed by atoms with Crippen LogP contribution in [-0.2, 0) is 11.2 Å². The number of nitrogens with zero attached hydrogens (tertiary/aromatic N) is 4. The fourth-order valence-corrected chi connectivity index (χ4v) is 13.0. The van der Waals surface area contributed by atoms with Gasteiger partial charge in [0, 0.05) is 75.2 Å². The quantitative estimate of drug-likeness (QED) is 0.126. The fraction of sp³-hybridized carbons (Fsp3) is 0.231. The van der Waals surface area contributed by atoms with E-state index in [0.29, 0.717) is 44.5 Å². The van der Waals surface area contributed by atoms with Crippen LogP contribution >= 0.6 is 22.7 Å². The highest BCUT2D eigenvalue weighted by atomic mass is 32.1. The van der Waals surface area contributed by atoms with Crippen molar-refractivity contribution in [3.63, 3.8) is 0 Å². The van der Waals surface area contributed by atoms with Gasteiger partial charge in [0.25, 0.3) is 0 Å². The molecule has 8 nitrogen and oxygen atoms in total. The van der Waals surface area contributed by atoms with Crippen LogP contribution in [0.25, 0.3) is 44.2 Å². The van der Waals surface area contributed by atoms with Crippen LogP contribution in [0.4, 0.5) is 0 Å². The third kappa shape index (κ3) is 5.51. The maximum Gasteiger partial charge on any atom is 0.194 e. The predicted molar refractivity (Wildman–Crippen MR) is 238 cm³/mol. The molecular weight excluding hydrogens is 809 g/mol. The second-order valence-electron chi connectivity index (χ2n) is 16.8. The Labute approximate surface area is 366 Å². The maximum absolute atomic E-state index is 13.9. The number of carbonyl (C=O) groups is 2. The summed E-state index contributed by atoms with van der Waals surface area (Å²) in [5, 5.41) is 39.9. The van der Waals surface area contributed by atoms with Crippen molar-refractivity contribution in [2.45, 2.75) is 75.4 Å². The Morgan fingerprint density at radius 2 is 0.887 bits per heavy atom. The van der Waals surface area contributed by atoms with Crippen molar-refractivity contribution in [2.24, 2.45) is 0 Å². The molecule has 0 unspecified atom stereocenters. The Morgan fingerprint density at radius 3 is 1.26 bits per heavy atom. The summed E-state index contributed by atoms with van der Waals surface area (Å²) in [6, 6.07) is 30.9. The zero-order valence-corrected chi connectivity index (χ0v) is 35.0. The van der Waals surface area contributed by atoms with Crippen molar-refractivity contribution >= 4 is 57.5 Å². The molecule has 2 saturated carbocycles. The van der Waals surface area contributed by atoms with Gasteiger partial charge in [-0.3, -0.25) is 9.59 Å². The molecule has 2 fully saturated rings. The summed E-state index contributed by atoms with van der Waals surface area (Å²) in [7, 11) is 0. The van der Waals surface area contributed by atoms with Crippen LogP contribution in [0.5, 0.6) is 11.5 Å². The van der Waals surface area contributed by atoms with Crippen LogP contribution in [0, 0.1) is 45.3 Å². The summed E-state index contributed by atoms with van der Waals surface area (Å²) in [6.45, 7) is 0. The second-order valence-corrected chi connectivity index (χ2v) is 18.9. The molecule has 6 aliphatic rings. The number of ether oxygens (including phenoxy) is 2. The lowest BCUT2D eigenvalue weighted by Gasteiger charge is -2.44. The van der Waals surface area contributed by atoms with Crippen molar-refractivity contribution in [3.05, 3.63) is 138 Å². The van der Waals surface area contributed by atoms with Gasteiger partial charge >= 0.3 is 0 Å². The van der Waals surface area contributed by atoms with E-state index in [2.05, 4.69) is 24.3 Å². The molecule has 0 N–H and O–H groups in total. The van der Waals surface area contributed by atoms with E-state index in [4.69, 9.17) is 9.47 Å². The molecule has 10 heteroatoms. The molecule has 2 aromatic heterocycles. The van der Waals surface area contributed by atoms with E-state index < -0.39 is 11.2 Å². The van der Waals surface area contributed by atoms with Crippen LogP contribution in [-0.4, -0.2) is 11.6 Å². The minimum Gasteiger partial charge on any atom is -0.482 e. The van der Waals surface area contributed by atoms with Crippen LogP contribution < -0.4 is 9.47 Å². The number of allylic oxidation sites excluding steroid dienone is 6. The van der Waals surface area contributed by atoms with Gasteiger partial charge in [0.05, 0.1) is 0 Å². The Morgan fingerprint density at radius 1 is 0.516 bits per heavy atom. The van der Waals surface area contributed by atoms with Crippen LogP contribution in [0.2, 0.25) is 0 Å². The minimum atomic E-state index is -0.568. The summed E-state index contributed by atoms with van der Waals surface area (Å²) >= 11 is 3.18. The molecule has 11 rings (SSSR count). The molecule has 2 aliphatic heterocycles. The number of ketones is 2. The third-order valence-electron chi connectivity index (χ3n) is 13.4. The van der Waals surface area contributed by atoms with Gasteiger partial charge < -0.3 is 9.47 Å². The summed E-state index contributed by atoms with van der Waals surface area (Å²) in [6.07, 6.45) is 13.3. The van der Waals surface area contributed by atoms with Gasteiger partial charge in [-0.2, -0.15) is 21.0 Å². The van der Waals surface area contributed by atoms with Crippen molar-refractivity contribution in [3.8, 4) is 56.7 Å². The van der Waals surface area contributed by atoms with Gasteiger partial charge in [-0.25, -0.2) is 0 Å². The predicted octanol–water partition coefficient (Wildman–Crippen LogP) is 12.4. The van der Waals surface area contributed by atoms with E-state index in [9.17, 15) is 30.6 Å². The smallest absolute Gasteiger partial charge is 0.194 e. The molecule has 2 spiro atoms. The Bertz CT molecular complexity index is 2940. The molecule has 5 aromatic rings. The highest BCUT2D eigenvalue weighted by Crippen LogP contribution is 2.61. The number of hydrogen-bond donors (Lipinski definition) is 0. The van der Waals surface area contributed by atoms with E-state index in [-0.39, 0.29) is 22.7 Å². The van der Waals surface area contributed by atoms with Gasteiger partial charge in [-0.05, 0) is 98.9 Å². The molecule has 0 amide bonds. The Hall–Kier alpha value is -7.08. The first kappa shape index (κ1) is 37.9. The van der Waals surface area contributed by atoms with E-state index in [1.54, 1.807) is 59.1 Å². The average Bonchev–Trinajstić information content (AvgIpc) is 4.07. The number of nitriles is 4. The SMILES string of the molecule is N#CC(C#N)=C1/C(=C/c2cc3c(s2)-c2cc4c(cc2OC32CCCCC2)-c2sc(/C=C3\C(=O)c5ccccc5C3=C(C#N)C#N)cc2C2(CCCCC2)O4)C(=O)c2ccccc21. The summed E-state index contributed by atoms with van der Waals surface area (Å²) < 4.78 is 14.5. The fourth-order valence-electron chi connectivity index (χ4n) is 10.6. The topological polar surface area (TPSA) is 148 Å². The molecule has 4 heterocycles. The number of rotatable bonds is 2. The molecule has 3 aromatic carbocycles. The average molecular weight is 843 g/mol. The number of thiophene rings is 2. The lowest BCUT2D eigenvalue weighted by atomic mass is 9.76. The van der Waals surface area contributed by atoms with Crippen molar-refractivity contribution in [2.75, 3.05) is 0 Å². The molecular formula is C52H34N4O4S2. The first-order valence-electron chi connectivity index (χ1n) is 21.0. The summed E-state index contributed by atoms with van der Waals surface area (Å²) in [5.74, 6) is 1.12. The highest BCUT2D eigenvalue weighted by molar-refractivity contribution is 7.17. The molecule has 0 saturated heterocycles. The number of benzene rings is 3. The minimum absolute atomic E-state index is 0.0908. The molecule has 62 heavy (non-hydrogen) atoms. The number of Topliss-reactive ketones (excluding diaryl/α,β-unsaturated/α-hetero) is 2. The lowest BCUT2D eigenvalue weighted by molar-refractivity contribution is 0.0203. The van der Waals surface area contributed by atoms with Gasteiger partial charge in [0.1, 0.15) is 58.1 Å². The Balaban J connectivity index is 1.07. The first-order chi connectivity index (χ1) is 30.3. The van der Waals surface area contributed by atoms with E-state index in [1.165, 1.54) is 0 Å². The molecule has 0 bridgehead atoms. The number of hydrogen-bond acceptors (Lipinski definition) is 10. The highest BCUT2D eigenvalue weighted by Gasteiger charge is 2.47. The number of fused-ring (bicyclic) bond motifs is 10. The zero-order valence-electron chi connectivity index (χ0n) is 33.4. The lowest BCUT2D eigenvalue weighted by Crippen LogP contribution is -2.38. The summed E-state index contributed by atoms with van der Waals surface area (Å²) in [4.78, 5) is 31.7. The zero-order chi connectivity index (χ0) is 42.3. The normalized spacial score (nSPS) is 19.5. The molecule has 0 atom stereocenters. The number of carbonyl (C=O) groups excluding carboxylic acids is 2.